The smallest absolute Gasteiger partial charge is 0.244 e. The van der Waals surface area contributed by atoms with Crippen LogP contribution in [0.4, 0.5) is 11.4 Å². The van der Waals surface area contributed by atoms with Crippen molar-refractivity contribution in [3.63, 3.8) is 0 Å². The Labute approximate surface area is 193 Å². The molecule has 0 unspecified atom stereocenters. The molecule has 172 valence electrons. The lowest BCUT2D eigenvalue weighted by Crippen LogP contribution is -2.42. The summed E-state index contributed by atoms with van der Waals surface area (Å²) in [4.78, 5) is 32.0. The van der Waals surface area contributed by atoms with E-state index in [0.29, 0.717) is 11.4 Å². The van der Waals surface area contributed by atoms with E-state index in [1.807, 2.05) is 43.3 Å². The van der Waals surface area contributed by atoms with Gasteiger partial charge in [-0.15, -0.1) is 0 Å². The van der Waals surface area contributed by atoms with Crippen LogP contribution in [0.15, 0.2) is 65.6 Å². The monoisotopic (exact) mass is 447 g/mol. The Morgan fingerprint density at radius 3 is 2.36 bits per heavy atom. The Kier molecular flexibility index (Phi) is 7.19. The van der Waals surface area contributed by atoms with Crippen LogP contribution in [0.1, 0.15) is 31.2 Å². The van der Waals surface area contributed by atoms with Gasteiger partial charge in [0, 0.05) is 29.5 Å². The number of rotatable bonds is 7. The SMILES string of the molecule is Cc1ccc(N(CC(=O)Nc2ccc(-c3cocn3)cc2)C(=O)[C@H]2CC[C@H](CO)CC2)cc1. The van der Waals surface area contributed by atoms with Crippen molar-refractivity contribution in [2.24, 2.45) is 11.8 Å². The molecule has 2 amide bonds. The Morgan fingerprint density at radius 1 is 1.06 bits per heavy atom. The van der Waals surface area contributed by atoms with Crippen molar-refractivity contribution in [2.45, 2.75) is 32.6 Å². The first kappa shape index (κ1) is 22.7. The van der Waals surface area contributed by atoms with Crippen LogP contribution in [0.5, 0.6) is 0 Å². The molecule has 3 aromatic rings. The normalized spacial score (nSPS) is 18.0. The summed E-state index contributed by atoms with van der Waals surface area (Å²) in [6, 6.07) is 15.0. The minimum atomic E-state index is -0.262. The molecule has 7 heteroatoms. The predicted molar refractivity (Wildman–Crippen MR) is 127 cm³/mol. The third kappa shape index (κ3) is 5.68. The second-order valence-corrected chi connectivity index (χ2v) is 8.66. The largest absolute Gasteiger partial charge is 0.451 e. The average Bonchev–Trinajstić information content (AvgIpc) is 3.38. The van der Waals surface area contributed by atoms with Gasteiger partial charge >= 0.3 is 0 Å². The molecule has 1 aliphatic carbocycles. The molecule has 0 radical (unpaired) electrons. The van der Waals surface area contributed by atoms with E-state index in [9.17, 15) is 14.7 Å². The molecule has 0 aliphatic heterocycles. The molecule has 4 rings (SSSR count). The number of amides is 2. The van der Waals surface area contributed by atoms with Crippen LogP contribution in [-0.2, 0) is 9.59 Å². The topological polar surface area (TPSA) is 95.7 Å². The molecule has 1 heterocycles. The number of nitrogens with one attached hydrogen (secondary N) is 1. The van der Waals surface area contributed by atoms with Crippen molar-refractivity contribution in [1.29, 1.82) is 0 Å². The van der Waals surface area contributed by atoms with Crippen LogP contribution in [0.25, 0.3) is 11.3 Å². The van der Waals surface area contributed by atoms with Crippen molar-refractivity contribution >= 4 is 23.2 Å². The van der Waals surface area contributed by atoms with Crippen molar-refractivity contribution in [2.75, 3.05) is 23.4 Å². The third-order valence-electron chi connectivity index (χ3n) is 6.26. The fourth-order valence-corrected chi connectivity index (χ4v) is 4.26. The Morgan fingerprint density at radius 2 is 1.76 bits per heavy atom. The molecule has 0 saturated heterocycles. The summed E-state index contributed by atoms with van der Waals surface area (Å²) in [5.74, 6) is -0.164. The number of nitrogens with zero attached hydrogens (tertiary/aromatic N) is 2. The molecule has 2 aromatic carbocycles. The molecule has 2 N–H and O–H groups in total. The summed E-state index contributed by atoms with van der Waals surface area (Å²) < 4.78 is 5.01. The molecule has 1 aromatic heterocycles. The van der Waals surface area contributed by atoms with Gasteiger partial charge in [-0.05, 0) is 62.8 Å². The molecule has 1 fully saturated rings. The highest BCUT2D eigenvalue weighted by atomic mass is 16.3. The number of carbonyl (C=O) groups is 2. The number of anilines is 2. The Balaban J connectivity index is 1.45. The minimum absolute atomic E-state index is 0.0354. The van der Waals surface area contributed by atoms with Crippen LogP contribution in [0, 0.1) is 18.8 Å². The number of aromatic nitrogens is 1. The highest BCUT2D eigenvalue weighted by molar-refractivity contribution is 6.03. The van der Waals surface area contributed by atoms with Gasteiger partial charge in [-0.1, -0.05) is 29.8 Å². The molecule has 1 saturated carbocycles. The number of aryl methyl sites for hydroxylation is 1. The van der Waals surface area contributed by atoms with Crippen LogP contribution in [0.2, 0.25) is 0 Å². The van der Waals surface area contributed by atoms with E-state index < -0.39 is 0 Å². The summed E-state index contributed by atoms with van der Waals surface area (Å²) in [6.07, 6.45) is 6.07. The predicted octanol–water partition coefficient (Wildman–Crippen LogP) is 4.42. The Hall–Kier alpha value is -3.45. The lowest BCUT2D eigenvalue weighted by Gasteiger charge is -2.31. The van der Waals surface area contributed by atoms with Crippen molar-refractivity contribution in [1.82, 2.24) is 4.98 Å². The molecule has 0 bridgehead atoms. The van der Waals surface area contributed by atoms with Crippen molar-refractivity contribution in [3.8, 4) is 11.3 Å². The van der Waals surface area contributed by atoms with Gasteiger partial charge < -0.3 is 19.7 Å². The zero-order valence-electron chi connectivity index (χ0n) is 18.7. The molecule has 0 atom stereocenters. The van der Waals surface area contributed by atoms with Gasteiger partial charge in [0.15, 0.2) is 6.39 Å². The average molecular weight is 448 g/mol. The third-order valence-corrected chi connectivity index (χ3v) is 6.26. The van der Waals surface area contributed by atoms with Crippen molar-refractivity contribution in [3.05, 3.63) is 66.8 Å². The highest BCUT2D eigenvalue weighted by Gasteiger charge is 2.31. The zero-order chi connectivity index (χ0) is 23.2. The number of hydrogen-bond donors (Lipinski definition) is 2. The van der Waals surface area contributed by atoms with Gasteiger partial charge in [0.05, 0.1) is 0 Å². The van der Waals surface area contributed by atoms with Crippen LogP contribution < -0.4 is 10.2 Å². The Bertz CT molecular complexity index is 1050. The first-order chi connectivity index (χ1) is 16.0. The lowest BCUT2D eigenvalue weighted by molar-refractivity contribution is -0.125. The number of aliphatic hydroxyl groups is 1. The number of carbonyl (C=O) groups excluding carboxylic acids is 2. The lowest BCUT2D eigenvalue weighted by atomic mass is 9.81. The van der Waals surface area contributed by atoms with E-state index in [2.05, 4.69) is 10.3 Å². The van der Waals surface area contributed by atoms with Gasteiger partial charge in [-0.2, -0.15) is 0 Å². The maximum absolute atomic E-state index is 13.4. The first-order valence-electron chi connectivity index (χ1n) is 11.3. The number of hydrogen-bond acceptors (Lipinski definition) is 5. The molecular weight excluding hydrogens is 418 g/mol. The van der Waals surface area contributed by atoms with Crippen LogP contribution in [0.3, 0.4) is 0 Å². The van der Waals surface area contributed by atoms with Crippen LogP contribution in [-0.4, -0.2) is 35.1 Å². The standard InChI is InChI=1S/C26H29N3O4/c1-18-2-12-23(13-3-18)29(26(32)21-6-4-19(15-30)5-7-21)14-25(31)28-22-10-8-20(9-11-22)24-16-33-17-27-24/h2-3,8-13,16-17,19,21,30H,4-7,14-15H2,1H3,(H,28,31)/t19-,21-. The van der Waals surface area contributed by atoms with Crippen LogP contribution >= 0.6 is 0 Å². The van der Waals surface area contributed by atoms with Gasteiger partial charge in [-0.25, -0.2) is 4.98 Å². The fraction of sp³-hybridized carbons (Fsp3) is 0.346. The van der Waals surface area contributed by atoms with Crippen molar-refractivity contribution < 1.29 is 19.1 Å². The second-order valence-electron chi connectivity index (χ2n) is 8.66. The molecule has 33 heavy (non-hydrogen) atoms. The van der Waals surface area contributed by atoms with E-state index in [0.717, 1.165) is 42.5 Å². The maximum atomic E-state index is 13.4. The minimum Gasteiger partial charge on any atom is -0.451 e. The number of benzene rings is 2. The summed E-state index contributed by atoms with van der Waals surface area (Å²) >= 11 is 0. The quantitative estimate of drug-likeness (QED) is 0.559. The van der Waals surface area contributed by atoms with Gasteiger partial charge in [0.2, 0.25) is 11.8 Å². The summed E-state index contributed by atoms with van der Waals surface area (Å²) in [5, 5.41) is 12.3. The van der Waals surface area contributed by atoms with E-state index in [1.54, 1.807) is 23.3 Å². The molecular formula is C26H29N3O4. The van der Waals surface area contributed by atoms with Gasteiger partial charge in [-0.3, -0.25) is 9.59 Å². The summed E-state index contributed by atoms with van der Waals surface area (Å²) in [6.45, 7) is 2.09. The van der Waals surface area contributed by atoms with E-state index >= 15 is 0 Å². The summed E-state index contributed by atoms with van der Waals surface area (Å²) in [7, 11) is 0. The first-order valence-corrected chi connectivity index (χ1v) is 11.3. The zero-order valence-corrected chi connectivity index (χ0v) is 18.7. The number of oxazole rings is 1. The molecule has 0 spiro atoms. The van der Waals surface area contributed by atoms with E-state index in [1.165, 1.54) is 6.39 Å². The van der Waals surface area contributed by atoms with Gasteiger partial charge in [0.25, 0.3) is 0 Å². The van der Waals surface area contributed by atoms with E-state index in [4.69, 9.17) is 4.42 Å². The highest BCUT2D eigenvalue weighted by Crippen LogP contribution is 2.31. The second kappa shape index (κ2) is 10.4. The maximum Gasteiger partial charge on any atom is 0.244 e. The number of aliphatic hydroxyl groups excluding tert-OH is 1. The fourth-order valence-electron chi connectivity index (χ4n) is 4.26. The van der Waals surface area contributed by atoms with Gasteiger partial charge in [0.1, 0.15) is 18.5 Å². The molecule has 1 aliphatic rings. The van der Waals surface area contributed by atoms with E-state index in [-0.39, 0.29) is 36.8 Å². The molecule has 7 nitrogen and oxygen atoms in total. The summed E-state index contributed by atoms with van der Waals surface area (Å²) in [5.41, 5.74) is 4.06.